The molecule has 4 nitrogen and oxygen atoms in total. The van der Waals surface area contributed by atoms with Gasteiger partial charge in [-0.1, -0.05) is 18.2 Å². The molecule has 0 atom stereocenters. The number of rotatable bonds is 5. The lowest BCUT2D eigenvalue weighted by Crippen LogP contribution is -2.16. The van der Waals surface area contributed by atoms with Crippen molar-refractivity contribution in [3.63, 3.8) is 0 Å². The van der Waals surface area contributed by atoms with Crippen molar-refractivity contribution >= 4 is 27.5 Å². The van der Waals surface area contributed by atoms with E-state index < -0.39 is 0 Å². The lowest BCUT2D eigenvalue weighted by atomic mass is 10.1. The molecule has 2 aromatic rings. The van der Waals surface area contributed by atoms with E-state index in [1.54, 1.807) is 25.3 Å². The lowest BCUT2D eigenvalue weighted by molar-refractivity contribution is 0.102. The second kappa shape index (κ2) is 7.24. The molecule has 0 aliphatic rings. The van der Waals surface area contributed by atoms with Gasteiger partial charge in [-0.3, -0.25) is 4.79 Å². The third kappa shape index (κ3) is 3.83. The van der Waals surface area contributed by atoms with E-state index in [-0.39, 0.29) is 5.91 Å². The molecule has 0 radical (unpaired) electrons. The first kappa shape index (κ1) is 15.5. The Bertz CT molecular complexity index is 644. The minimum absolute atomic E-state index is 0.177. The minimum Gasteiger partial charge on any atom is -0.497 e. The fraction of sp³-hybridized carbons (Fsp3) is 0.188. The predicted molar refractivity (Wildman–Crippen MR) is 87.9 cm³/mol. The minimum atomic E-state index is -0.177. The van der Waals surface area contributed by atoms with Gasteiger partial charge < -0.3 is 15.4 Å². The average molecular weight is 349 g/mol. The van der Waals surface area contributed by atoms with Crippen LogP contribution in [0.1, 0.15) is 15.9 Å². The number of halogens is 1. The molecule has 110 valence electrons. The normalized spacial score (nSPS) is 10.2. The molecule has 5 heteroatoms. The van der Waals surface area contributed by atoms with Gasteiger partial charge in [-0.25, -0.2) is 0 Å². The first-order valence-electron chi connectivity index (χ1n) is 6.53. The van der Waals surface area contributed by atoms with Gasteiger partial charge in [0, 0.05) is 16.7 Å². The summed E-state index contributed by atoms with van der Waals surface area (Å²) in [6, 6.07) is 13.0. The van der Waals surface area contributed by atoms with E-state index in [1.807, 2.05) is 31.3 Å². The van der Waals surface area contributed by atoms with Crippen LogP contribution in [0.15, 0.2) is 46.9 Å². The van der Waals surface area contributed by atoms with E-state index in [0.717, 1.165) is 15.7 Å². The summed E-state index contributed by atoms with van der Waals surface area (Å²) in [5.74, 6) is 0.469. The highest BCUT2D eigenvalue weighted by molar-refractivity contribution is 9.10. The van der Waals surface area contributed by atoms with Crippen molar-refractivity contribution in [2.24, 2.45) is 0 Å². The van der Waals surface area contributed by atoms with Crippen LogP contribution in [0.2, 0.25) is 0 Å². The predicted octanol–water partition coefficient (Wildman–Crippen LogP) is 3.43. The van der Waals surface area contributed by atoms with Gasteiger partial charge in [-0.2, -0.15) is 0 Å². The fourth-order valence-corrected chi connectivity index (χ4v) is 2.41. The number of nitrogens with one attached hydrogen (secondary N) is 2. The topological polar surface area (TPSA) is 50.4 Å². The largest absolute Gasteiger partial charge is 0.497 e. The van der Waals surface area contributed by atoms with Gasteiger partial charge >= 0.3 is 0 Å². The van der Waals surface area contributed by atoms with Crippen molar-refractivity contribution in [2.75, 3.05) is 19.5 Å². The van der Waals surface area contributed by atoms with Crippen molar-refractivity contribution in [3.05, 3.63) is 58.1 Å². The fourth-order valence-electron chi connectivity index (χ4n) is 1.98. The highest BCUT2D eigenvalue weighted by Gasteiger charge is 2.13. The SMILES string of the molecule is CNCc1ccccc1NC(=O)c1cc(OC)ccc1Br. The molecule has 0 aromatic heterocycles. The van der Waals surface area contributed by atoms with Crippen molar-refractivity contribution < 1.29 is 9.53 Å². The highest BCUT2D eigenvalue weighted by atomic mass is 79.9. The Morgan fingerprint density at radius 3 is 2.71 bits per heavy atom. The van der Waals surface area contributed by atoms with Crippen molar-refractivity contribution in [1.82, 2.24) is 5.32 Å². The zero-order valence-corrected chi connectivity index (χ0v) is 13.5. The summed E-state index contributed by atoms with van der Waals surface area (Å²) in [7, 11) is 3.45. The van der Waals surface area contributed by atoms with Crippen LogP contribution in [0.25, 0.3) is 0 Å². The summed E-state index contributed by atoms with van der Waals surface area (Å²) >= 11 is 3.39. The molecule has 0 aliphatic heterocycles. The molecule has 0 spiro atoms. The van der Waals surface area contributed by atoms with E-state index in [4.69, 9.17) is 4.74 Å². The standard InChI is InChI=1S/C16H17BrN2O2/c1-18-10-11-5-3-4-6-15(11)19-16(20)13-9-12(21-2)7-8-14(13)17/h3-9,18H,10H2,1-2H3,(H,19,20). The Morgan fingerprint density at radius 2 is 2.00 bits per heavy atom. The number of anilines is 1. The number of hydrogen-bond acceptors (Lipinski definition) is 3. The number of ether oxygens (including phenoxy) is 1. The number of methoxy groups -OCH3 is 1. The van der Waals surface area contributed by atoms with Gasteiger partial charge in [0.2, 0.25) is 0 Å². The van der Waals surface area contributed by atoms with E-state index in [9.17, 15) is 4.79 Å². The summed E-state index contributed by atoms with van der Waals surface area (Å²) in [6.07, 6.45) is 0. The second-order valence-corrected chi connectivity index (χ2v) is 5.34. The van der Waals surface area contributed by atoms with Gasteiger partial charge in [-0.05, 0) is 52.8 Å². The Morgan fingerprint density at radius 1 is 1.24 bits per heavy atom. The molecule has 2 aromatic carbocycles. The summed E-state index contributed by atoms with van der Waals surface area (Å²) in [5, 5.41) is 6.03. The first-order chi connectivity index (χ1) is 10.2. The summed E-state index contributed by atoms with van der Waals surface area (Å²) in [6.45, 7) is 0.690. The Kier molecular flexibility index (Phi) is 5.36. The lowest BCUT2D eigenvalue weighted by Gasteiger charge is -2.12. The Labute approximate surface area is 132 Å². The molecule has 2 rings (SSSR count). The van der Waals surface area contributed by atoms with Crippen LogP contribution in [0, 0.1) is 0 Å². The maximum atomic E-state index is 12.4. The van der Waals surface area contributed by atoms with Crippen LogP contribution in [0.3, 0.4) is 0 Å². The smallest absolute Gasteiger partial charge is 0.256 e. The van der Waals surface area contributed by atoms with E-state index in [1.165, 1.54) is 0 Å². The van der Waals surface area contributed by atoms with Gasteiger partial charge in [0.05, 0.1) is 12.7 Å². The molecule has 0 saturated heterocycles. The monoisotopic (exact) mass is 348 g/mol. The summed E-state index contributed by atoms with van der Waals surface area (Å²) in [5.41, 5.74) is 2.37. The van der Waals surface area contributed by atoms with Crippen LogP contribution >= 0.6 is 15.9 Å². The molecule has 0 saturated carbocycles. The van der Waals surface area contributed by atoms with Crippen LogP contribution in [0.4, 0.5) is 5.69 Å². The maximum Gasteiger partial charge on any atom is 0.256 e. The Hall–Kier alpha value is -1.85. The average Bonchev–Trinajstić information content (AvgIpc) is 2.50. The van der Waals surface area contributed by atoms with Crippen molar-refractivity contribution in [1.29, 1.82) is 0 Å². The number of benzene rings is 2. The molecule has 0 heterocycles. The molecule has 21 heavy (non-hydrogen) atoms. The highest BCUT2D eigenvalue weighted by Crippen LogP contribution is 2.24. The second-order valence-electron chi connectivity index (χ2n) is 4.49. The molecule has 0 bridgehead atoms. The zero-order valence-electron chi connectivity index (χ0n) is 11.9. The molecule has 0 aliphatic carbocycles. The van der Waals surface area contributed by atoms with Gasteiger partial charge in [-0.15, -0.1) is 0 Å². The third-order valence-corrected chi connectivity index (χ3v) is 3.74. The molecule has 1 amide bonds. The van der Waals surface area contributed by atoms with Crippen LogP contribution in [-0.2, 0) is 6.54 Å². The molecule has 0 fully saturated rings. The number of hydrogen-bond donors (Lipinski definition) is 2. The molecular formula is C16H17BrN2O2. The molecular weight excluding hydrogens is 332 g/mol. The third-order valence-electron chi connectivity index (χ3n) is 3.05. The Balaban J connectivity index is 2.26. The number of amides is 1. The zero-order chi connectivity index (χ0) is 15.2. The summed E-state index contributed by atoms with van der Waals surface area (Å²) < 4.78 is 5.89. The van der Waals surface area contributed by atoms with Gasteiger partial charge in [0.15, 0.2) is 0 Å². The number of carbonyl (C=O) groups is 1. The number of para-hydroxylation sites is 1. The van der Waals surface area contributed by atoms with Crippen molar-refractivity contribution in [3.8, 4) is 5.75 Å². The van der Waals surface area contributed by atoms with Gasteiger partial charge in [0.25, 0.3) is 5.91 Å². The van der Waals surface area contributed by atoms with E-state index in [2.05, 4.69) is 26.6 Å². The maximum absolute atomic E-state index is 12.4. The van der Waals surface area contributed by atoms with Crippen LogP contribution < -0.4 is 15.4 Å². The van der Waals surface area contributed by atoms with Crippen LogP contribution in [0.5, 0.6) is 5.75 Å². The van der Waals surface area contributed by atoms with Crippen LogP contribution in [-0.4, -0.2) is 20.1 Å². The summed E-state index contributed by atoms with van der Waals surface area (Å²) in [4.78, 5) is 12.4. The van der Waals surface area contributed by atoms with Crippen molar-refractivity contribution in [2.45, 2.75) is 6.54 Å². The van der Waals surface area contributed by atoms with E-state index >= 15 is 0 Å². The number of carbonyl (C=O) groups excluding carboxylic acids is 1. The van der Waals surface area contributed by atoms with E-state index in [0.29, 0.717) is 17.9 Å². The molecule has 0 unspecified atom stereocenters. The molecule has 2 N–H and O–H groups in total. The first-order valence-corrected chi connectivity index (χ1v) is 7.32. The quantitative estimate of drug-likeness (QED) is 0.870. The van der Waals surface area contributed by atoms with Gasteiger partial charge in [0.1, 0.15) is 5.75 Å².